The highest BCUT2D eigenvalue weighted by Crippen LogP contribution is 2.31. The first-order valence-electron chi connectivity index (χ1n) is 6.40. The van der Waals surface area contributed by atoms with Crippen LogP contribution in [0.15, 0.2) is 42.5 Å². The average molecular weight is 238 g/mol. The predicted octanol–water partition coefficient (Wildman–Crippen LogP) is 3.39. The van der Waals surface area contributed by atoms with Gasteiger partial charge in [-0.2, -0.15) is 0 Å². The summed E-state index contributed by atoms with van der Waals surface area (Å²) >= 11 is 0. The molecule has 1 N–H and O–H groups in total. The lowest BCUT2D eigenvalue weighted by Crippen LogP contribution is -2.12. The fraction of sp³-hybridized carbons (Fsp3) is 0.250. The molecule has 2 aromatic rings. The Morgan fingerprint density at radius 2 is 1.72 bits per heavy atom. The van der Waals surface area contributed by atoms with Crippen LogP contribution in [0.2, 0.25) is 0 Å². The van der Waals surface area contributed by atoms with E-state index in [9.17, 15) is 0 Å². The van der Waals surface area contributed by atoms with Crippen LogP contribution >= 0.6 is 0 Å². The Labute approximate surface area is 108 Å². The Balaban J connectivity index is 1.97. The van der Waals surface area contributed by atoms with Crippen molar-refractivity contribution in [3.63, 3.8) is 0 Å². The summed E-state index contributed by atoms with van der Waals surface area (Å²) < 4.78 is 0. The second-order valence-corrected chi connectivity index (χ2v) is 4.84. The molecule has 0 bridgehead atoms. The van der Waals surface area contributed by atoms with Crippen LogP contribution in [-0.4, -0.2) is 20.6 Å². The molecule has 3 rings (SSSR count). The van der Waals surface area contributed by atoms with E-state index >= 15 is 0 Å². The fourth-order valence-corrected chi connectivity index (χ4v) is 2.58. The standard InChI is InChI=1S/C16H18N2/c1-17-15-6-3-12(4-7-15)13-5-8-16-14(11-13)9-10-18(16)2/h3-8,11,17H,9-10H2,1-2H3. The Bertz CT molecular complexity index is 558. The third-order valence-electron chi connectivity index (χ3n) is 3.71. The van der Waals surface area contributed by atoms with Gasteiger partial charge < -0.3 is 10.2 Å². The predicted molar refractivity (Wildman–Crippen MR) is 78.4 cm³/mol. The number of anilines is 2. The molecule has 0 unspecified atom stereocenters. The number of benzene rings is 2. The number of hydrogen-bond donors (Lipinski definition) is 1. The maximum Gasteiger partial charge on any atom is 0.0397 e. The minimum atomic E-state index is 1.14. The van der Waals surface area contributed by atoms with Crippen molar-refractivity contribution >= 4 is 11.4 Å². The average Bonchev–Trinajstić information content (AvgIpc) is 2.80. The normalized spacial score (nSPS) is 13.6. The minimum Gasteiger partial charge on any atom is -0.388 e. The summed E-state index contributed by atoms with van der Waals surface area (Å²) in [4.78, 5) is 2.32. The van der Waals surface area contributed by atoms with Crippen molar-refractivity contribution in [2.24, 2.45) is 0 Å². The van der Waals surface area contributed by atoms with Gasteiger partial charge in [-0.1, -0.05) is 18.2 Å². The lowest BCUT2D eigenvalue weighted by molar-refractivity contribution is 0.956. The molecule has 0 saturated carbocycles. The van der Waals surface area contributed by atoms with Gasteiger partial charge in [-0.3, -0.25) is 0 Å². The molecule has 2 nitrogen and oxygen atoms in total. The van der Waals surface area contributed by atoms with Crippen molar-refractivity contribution in [1.82, 2.24) is 0 Å². The smallest absolute Gasteiger partial charge is 0.0397 e. The quantitative estimate of drug-likeness (QED) is 0.862. The Kier molecular flexibility index (Phi) is 2.71. The largest absolute Gasteiger partial charge is 0.388 e. The number of rotatable bonds is 2. The van der Waals surface area contributed by atoms with E-state index in [0.717, 1.165) is 18.7 Å². The van der Waals surface area contributed by atoms with Gasteiger partial charge in [0.25, 0.3) is 0 Å². The maximum atomic E-state index is 3.15. The second kappa shape index (κ2) is 4.37. The van der Waals surface area contributed by atoms with Crippen LogP contribution in [-0.2, 0) is 6.42 Å². The SMILES string of the molecule is CNc1ccc(-c2ccc3c(c2)CCN3C)cc1. The number of fused-ring (bicyclic) bond motifs is 1. The van der Waals surface area contributed by atoms with Crippen molar-refractivity contribution in [2.75, 3.05) is 30.9 Å². The summed E-state index contributed by atoms with van der Waals surface area (Å²) in [7, 11) is 4.10. The third kappa shape index (κ3) is 1.84. The van der Waals surface area contributed by atoms with Gasteiger partial charge in [-0.15, -0.1) is 0 Å². The van der Waals surface area contributed by atoms with Crippen molar-refractivity contribution in [1.29, 1.82) is 0 Å². The topological polar surface area (TPSA) is 15.3 Å². The molecule has 2 aromatic carbocycles. The Morgan fingerprint density at radius 3 is 2.44 bits per heavy atom. The zero-order chi connectivity index (χ0) is 12.5. The van der Waals surface area contributed by atoms with E-state index in [0.29, 0.717) is 0 Å². The monoisotopic (exact) mass is 238 g/mol. The molecule has 1 aliphatic rings. The Morgan fingerprint density at radius 1 is 1.00 bits per heavy atom. The number of nitrogens with zero attached hydrogens (tertiary/aromatic N) is 1. The molecule has 0 aliphatic carbocycles. The highest BCUT2D eigenvalue weighted by molar-refractivity contribution is 5.71. The number of nitrogens with one attached hydrogen (secondary N) is 1. The van der Waals surface area contributed by atoms with Crippen molar-refractivity contribution < 1.29 is 0 Å². The van der Waals surface area contributed by atoms with Gasteiger partial charge in [0.2, 0.25) is 0 Å². The van der Waals surface area contributed by atoms with E-state index in [2.05, 4.69) is 59.7 Å². The van der Waals surface area contributed by atoms with Gasteiger partial charge in [0.05, 0.1) is 0 Å². The van der Waals surface area contributed by atoms with E-state index in [1.165, 1.54) is 22.4 Å². The van der Waals surface area contributed by atoms with Crippen LogP contribution in [0.25, 0.3) is 11.1 Å². The van der Waals surface area contributed by atoms with E-state index in [1.54, 1.807) is 0 Å². The van der Waals surface area contributed by atoms with Crippen LogP contribution in [0.1, 0.15) is 5.56 Å². The van der Waals surface area contributed by atoms with Crippen molar-refractivity contribution in [2.45, 2.75) is 6.42 Å². The maximum absolute atomic E-state index is 3.15. The number of hydrogen-bond acceptors (Lipinski definition) is 2. The highest BCUT2D eigenvalue weighted by Gasteiger charge is 2.15. The second-order valence-electron chi connectivity index (χ2n) is 4.84. The summed E-state index contributed by atoms with van der Waals surface area (Å²) in [6.07, 6.45) is 1.16. The number of likely N-dealkylation sites (N-methyl/N-ethyl adjacent to an activating group) is 1. The van der Waals surface area contributed by atoms with Crippen LogP contribution in [0, 0.1) is 0 Å². The lowest BCUT2D eigenvalue weighted by atomic mass is 10.0. The molecule has 0 radical (unpaired) electrons. The van der Waals surface area contributed by atoms with Gasteiger partial charge >= 0.3 is 0 Å². The third-order valence-corrected chi connectivity index (χ3v) is 3.71. The molecule has 18 heavy (non-hydrogen) atoms. The first-order valence-corrected chi connectivity index (χ1v) is 6.40. The molecule has 0 spiro atoms. The van der Waals surface area contributed by atoms with Crippen molar-refractivity contribution in [3.8, 4) is 11.1 Å². The molecule has 0 fully saturated rings. The van der Waals surface area contributed by atoms with Crippen molar-refractivity contribution in [3.05, 3.63) is 48.0 Å². The lowest BCUT2D eigenvalue weighted by Gasteiger charge is -2.12. The van der Waals surface area contributed by atoms with E-state index in [1.807, 2.05) is 7.05 Å². The molecule has 92 valence electrons. The molecular weight excluding hydrogens is 220 g/mol. The van der Waals surface area contributed by atoms with Gasteiger partial charge in [0, 0.05) is 32.0 Å². The van der Waals surface area contributed by atoms with Gasteiger partial charge in [0.15, 0.2) is 0 Å². The summed E-state index contributed by atoms with van der Waals surface area (Å²) in [5.41, 5.74) is 6.59. The first-order chi connectivity index (χ1) is 8.78. The molecule has 0 aromatic heterocycles. The van der Waals surface area contributed by atoms with Crippen LogP contribution < -0.4 is 10.2 Å². The summed E-state index contributed by atoms with van der Waals surface area (Å²) in [6.45, 7) is 1.14. The molecule has 0 atom stereocenters. The Hall–Kier alpha value is -1.96. The fourth-order valence-electron chi connectivity index (χ4n) is 2.58. The van der Waals surface area contributed by atoms with E-state index in [4.69, 9.17) is 0 Å². The summed E-state index contributed by atoms with van der Waals surface area (Å²) in [6, 6.07) is 15.4. The van der Waals surface area contributed by atoms with Crippen LogP contribution in [0.3, 0.4) is 0 Å². The molecule has 2 heteroatoms. The highest BCUT2D eigenvalue weighted by atomic mass is 15.1. The van der Waals surface area contributed by atoms with E-state index in [-0.39, 0.29) is 0 Å². The molecule has 0 amide bonds. The molecule has 1 heterocycles. The zero-order valence-electron chi connectivity index (χ0n) is 10.9. The molecule has 1 aliphatic heterocycles. The van der Waals surface area contributed by atoms with Crippen LogP contribution in [0.5, 0.6) is 0 Å². The van der Waals surface area contributed by atoms with Gasteiger partial charge in [-0.25, -0.2) is 0 Å². The van der Waals surface area contributed by atoms with Crippen LogP contribution in [0.4, 0.5) is 11.4 Å². The zero-order valence-corrected chi connectivity index (χ0v) is 10.9. The molecular formula is C16H18N2. The minimum absolute atomic E-state index is 1.14. The van der Waals surface area contributed by atoms with Gasteiger partial charge in [-0.05, 0) is 47.4 Å². The van der Waals surface area contributed by atoms with E-state index < -0.39 is 0 Å². The summed E-state index contributed by atoms with van der Waals surface area (Å²) in [5.74, 6) is 0. The first kappa shape index (κ1) is 11.1. The molecule has 0 saturated heterocycles. The van der Waals surface area contributed by atoms with Gasteiger partial charge in [0.1, 0.15) is 0 Å². The summed E-state index contributed by atoms with van der Waals surface area (Å²) in [5, 5.41) is 3.15.